The number of esters is 1. The Bertz CT molecular complexity index is 934. The number of nitrogens with one attached hydrogen (secondary N) is 2. The van der Waals surface area contributed by atoms with Crippen molar-refractivity contribution < 1.29 is 28.6 Å². The van der Waals surface area contributed by atoms with Gasteiger partial charge in [-0.05, 0) is 48.0 Å². The van der Waals surface area contributed by atoms with Crippen molar-refractivity contribution in [2.75, 3.05) is 14.2 Å². The Kier molecular flexibility index (Phi) is 5.07. The molecular formula is C19H16N2O6. The number of hydrogen-bond acceptors (Lipinski definition) is 6. The van der Waals surface area contributed by atoms with Crippen LogP contribution >= 0.6 is 0 Å². The van der Waals surface area contributed by atoms with Gasteiger partial charge in [-0.25, -0.2) is 9.59 Å². The number of carbonyl (C=O) groups excluding carboxylic acids is 3. The maximum atomic E-state index is 12.4. The number of benzene rings is 2. The smallest absolute Gasteiger partial charge is 0.343 e. The van der Waals surface area contributed by atoms with Gasteiger partial charge in [-0.2, -0.15) is 0 Å². The van der Waals surface area contributed by atoms with Crippen LogP contribution in [-0.4, -0.2) is 32.1 Å². The molecule has 1 aliphatic heterocycles. The topological polar surface area (TPSA) is 103 Å². The fourth-order valence-corrected chi connectivity index (χ4v) is 2.40. The van der Waals surface area contributed by atoms with Crippen molar-refractivity contribution in [3.8, 4) is 17.2 Å². The van der Waals surface area contributed by atoms with Gasteiger partial charge in [-0.1, -0.05) is 6.07 Å². The second-order valence-corrected chi connectivity index (χ2v) is 5.49. The summed E-state index contributed by atoms with van der Waals surface area (Å²) in [6.45, 7) is 0. The first kappa shape index (κ1) is 18.0. The number of hydrogen-bond donors (Lipinski definition) is 2. The molecule has 0 aromatic heterocycles. The third kappa shape index (κ3) is 4.06. The van der Waals surface area contributed by atoms with Crippen molar-refractivity contribution in [3.63, 3.8) is 0 Å². The third-order valence-corrected chi connectivity index (χ3v) is 3.75. The first-order valence-corrected chi connectivity index (χ1v) is 7.88. The molecule has 0 spiro atoms. The van der Waals surface area contributed by atoms with E-state index in [0.29, 0.717) is 22.6 Å². The fraction of sp³-hybridized carbons (Fsp3) is 0.105. The van der Waals surface area contributed by atoms with Gasteiger partial charge in [0.25, 0.3) is 5.91 Å². The van der Waals surface area contributed by atoms with Gasteiger partial charge in [0.1, 0.15) is 11.4 Å². The summed E-state index contributed by atoms with van der Waals surface area (Å²) in [6, 6.07) is 10.7. The molecule has 3 amide bonds. The van der Waals surface area contributed by atoms with E-state index in [0.717, 1.165) is 0 Å². The molecule has 1 fully saturated rings. The normalized spacial score (nSPS) is 14.5. The molecule has 0 aliphatic carbocycles. The van der Waals surface area contributed by atoms with Crippen LogP contribution in [0, 0.1) is 0 Å². The van der Waals surface area contributed by atoms with E-state index in [4.69, 9.17) is 14.2 Å². The van der Waals surface area contributed by atoms with Gasteiger partial charge >= 0.3 is 12.0 Å². The number of methoxy groups -OCH3 is 2. The number of urea groups is 1. The second kappa shape index (κ2) is 7.61. The first-order chi connectivity index (χ1) is 13.0. The molecule has 1 aliphatic rings. The number of ether oxygens (including phenoxy) is 3. The summed E-state index contributed by atoms with van der Waals surface area (Å²) in [5.41, 5.74) is 0.974. The van der Waals surface area contributed by atoms with Gasteiger partial charge in [0.15, 0.2) is 11.5 Å². The van der Waals surface area contributed by atoms with Crippen LogP contribution in [0.25, 0.3) is 6.08 Å². The van der Waals surface area contributed by atoms with E-state index in [1.54, 1.807) is 36.4 Å². The van der Waals surface area contributed by atoms with Gasteiger partial charge in [0.05, 0.1) is 19.8 Å². The molecule has 8 heteroatoms. The quantitative estimate of drug-likeness (QED) is 0.363. The molecule has 2 aromatic carbocycles. The molecule has 1 heterocycles. The lowest BCUT2D eigenvalue weighted by Crippen LogP contribution is -2.22. The summed E-state index contributed by atoms with van der Waals surface area (Å²) >= 11 is 0. The standard InChI is InChI=1S/C19H16N2O6/c1-25-13-6-4-12(5-7-13)18(23)27-16-10-11(3-8-15(16)26-2)9-14-17(22)21-19(24)20-14/h3-10H,1-2H3,(H2,20,21,22,24). The molecule has 0 bridgehead atoms. The summed E-state index contributed by atoms with van der Waals surface area (Å²) in [6.07, 6.45) is 1.46. The third-order valence-electron chi connectivity index (χ3n) is 3.75. The minimum absolute atomic E-state index is 0.0950. The SMILES string of the molecule is COc1ccc(C(=O)Oc2cc(C=C3NC(=O)NC3=O)ccc2OC)cc1. The highest BCUT2D eigenvalue weighted by Gasteiger charge is 2.23. The summed E-state index contributed by atoms with van der Waals surface area (Å²) in [7, 11) is 2.98. The Hall–Kier alpha value is -3.81. The van der Waals surface area contributed by atoms with Gasteiger partial charge < -0.3 is 19.5 Å². The van der Waals surface area contributed by atoms with Crippen molar-refractivity contribution in [1.82, 2.24) is 10.6 Å². The Morgan fingerprint density at radius 1 is 0.926 bits per heavy atom. The van der Waals surface area contributed by atoms with E-state index < -0.39 is 17.9 Å². The van der Waals surface area contributed by atoms with Crippen molar-refractivity contribution in [1.29, 1.82) is 0 Å². The highest BCUT2D eigenvalue weighted by Crippen LogP contribution is 2.30. The molecule has 0 saturated carbocycles. The molecule has 3 rings (SSSR count). The molecule has 0 unspecified atom stereocenters. The van der Waals surface area contributed by atoms with E-state index in [1.807, 2.05) is 0 Å². The van der Waals surface area contributed by atoms with Gasteiger partial charge in [0, 0.05) is 0 Å². The first-order valence-electron chi connectivity index (χ1n) is 7.88. The molecule has 27 heavy (non-hydrogen) atoms. The van der Waals surface area contributed by atoms with E-state index >= 15 is 0 Å². The highest BCUT2D eigenvalue weighted by atomic mass is 16.6. The zero-order valence-electron chi connectivity index (χ0n) is 14.6. The minimum Gasteiger partial charge on any atom is -0.497 e. The second-order valence-electron chi connectivity index (χ2n) is 5.49. The molecule has 8 nitrogen and oxygen atoms in total. The van der Waals surface area contributed by atoms with Crippen LogP contribution in [0.2, 0.25) is 0 Å². The number of amides is 3. The predicted octanol–water partition coefficient (Wildman–Crippen LogP) is 2.10. The van der Waals surface area contributed by atoms with E-state index in [1.165, 1.54) is 26.4 Å². The van der Waals surface area contributed by atoms with Crippen LogP contribution in [0.15, 0.2) is 48.2 Å². The zero-order valence-corrected chi connectivity index (χ0v) is 14.6. The molecular weight excluding hydrogens is 352 g/mol. The fourth-order valence-electron chi connectivity index (χ4n) is 2.40. The van der Waals surface area contributed by atoms with E-state index in [9.17, 15) is 14.4 Å². The van der Waals surface area contributed by atoms with Crippen molar-refractivity contribution in [3.05, 3.63) is 59.3 Å². The van der Waals surface area contributed by atoms with Crippen molar-refractivity contribution >= 4 is 24.0 Å². The number of carbonyl (C=O) groups is 3. The zero-order chi connectivity index (χ0) is 19.4. The highest BCUT2D eigenvalue weighted by molar-refractivity contribution is 6.14. The summed E-state index contributed by atoms with van der Waals surface area (Å²) in [4.78, 5) is 35.2. The molecule has 1 saturated heterocycles. The van der Waals surface area contributed by atoms with Crippen LogP contribution in [0.3, 0.4) is 0 Å². The van der Waals surface area contributed by atoms with Crippen LogP contribution in [-0.2, 0) is 4.79 Å². The van der Waals surface area contributed by atoms with Crippen LogP contribution in [0.4, 0.5) is 4.79 Å². The molecule has 138 valence electrons. The van der Waals surface area contributed by atoms with Crippen LogP contribution < -0.4 is 24.8 Å². The maximum Gasteiger partial charge on any atom is 0.343 e. The van der Waals surface area contributed by atoms with E-state index in [2.05, 4.69) is 10.6 Å². The van der Waals surface area contributed by atoms with Crippen molar-refractivity contribution in [2.45, 2.75) is 0 Å². The lowest BCUT2D eigenvalue weighted by Gasteiger charge is -2.10. The Labute approximate surface area is 154 Å². The Morgan fingerprint density at radius 2 is 1.67 bits per heavy atom. The maximum absolute atomic E-state index is 12.4. The lowest BCUT2D eigenvalue weighted by atomic mass is 10.1. The Balaban J connectivity index is 1.85. The minimum atomic E-state index is -0.592. The number of imide groups is 1. The summed E-state index contributed by atoms with van der Waals surface area (Å²) in [5, 5.41) is 4.50. The number of rotatable bonds is 5. The monoisotopic (exact) mass is 368 g/mol. The molecule has 0 atom stereocenters. The Morgan fingerprint density at radius 3 is 2.26 bits per heavy atom. The molecule has 2 N–H and O–H groups in total. The molecule has 2 aromatic rings. The van der Waals surface area contributed by atoms with Crippen LogP contribution in [0.5, 0.6) is 17.2 Å². The predicted molar refractivity (Wildman–Crippen MR) is 95.6 cm³/mol. The largest absolute Gasteiger partial charge is 0.497 e. The summed E-state index contributed by atoms with van der Waals surface area (Å²) < 4.78 is 15.7. The summed E-state index contributed by atoms with van der Waals surface area (Å²) in [5.74, 6) is 0.0335. The average Bonchev–Trinajstić information content (AvgIpc) is 2.99. The lowest BCUT2D eigenvalue weighted by molar-refractivity contribution is -0.115. The van der Waals surface area contributed by atoms with Crippen molar-refractivity contribution in [2.24, 2.45) is 0 Å². The van der Waals surface area contributed by atoms with Gasteiger partial charge in [-0.15, -0.1) is 0 Å². The van der Waals surface area contributed by atoms with Crippen LogP contribution in [0.1, 0.15) is 15.9 Å². The van der Waals surface area contributed by atoms with Gasteiger partial charge in [-0.3, -0.25) is 10.1 Å². The van der Waals surface area contributed by atoms with Gasteiger partial charge in [0.2, 0.25) is 0 Å². The molecule has 0 radical (unpaired) electrons. The average molecular weight is 368 g/mol. The van der Waals surface area contributed by atoms with E-state index in [-0.39, 0.29) is 11.4 Å².